The van der Waals surface area contributed by atoms with Gasteiger partial charge in [-0.15, -0.1) is 0 Å². The summed E-state index contributed by atoms with van der Waals surface area (Å²) in [6.45, 7) is 10.7. The molecule has 164 valence electrons. The Balaban J connectivity index is 1.84. The van der Waals surface area contributed by atoms with E-state index < -0.39 is 43.3 Å². The summed E-state index contributed by atoms with van der Waals surface area (Å²) in [5, 5.41) is 0. The van der Waals surface area contributed by atoms with Gasteiger partial charge in [0.2, 0.25) is 0 Å². The van der Waals surface area contributed by atoms with Crippen LogP contribution in [-0.4, -0.2) is 29.0 Å². The predicted molar refractivity (Wildman–Crippen MR) is 114 cm³/mol. The lowest BCUT2D eigenvalue weighted by Crippen LogP contribution is -2.69. The topological polar surface area (TPSA) is 86.7 Å². The van der Waals surface area contributed by atoms with Gasteiger partial charge in [-0.1, -0.05) is 63.1 Å². The highest BCUT2D eigenvalue weighted by Gasteiger charge is 2.66. The SMILES string of the molecule is Cc1ccc(S(=O)(=O)OC2C(C)(C)C(OS(=O)(=O)c3ccc(C)cc3)C2(C)C)cc1. The molecule has 0 aromatic heterocycles. The zero-order chi connectivity index (χ0) is 22.5. The fourth-order valence-electron chi connectivity index (χ4n) is 4.37. The molecule has 6 nitrogen and oxygen atoms in total. The Labute approximate surface area is 179 Å². The minimum atomic E-state index is -4.01. The lowest BCUT2D eigenvalue weighted by molar-refractivity contribution is -0.221. The number of rotatable bonds is 6. The van der Waals surface area contributed by atoms with Crippen molar-refractivity contribution in [2.75, 3.05) is 0 Å². The first-order valence-electron chi connectivity index (χ1n) is 9.68. The van der Waals surface area contributed by atoms with Gasteiger partial charge in [0.1, 0.15) is 0 Å². The maximum absolute atomic E-state index is 12.8. The van der Waals surface area contributed by atoms with Gasteiger partial charge in [-0.25, -0.2) is 0 Å². The Bertz CT molecular complexity index is 1020. The third-order valence-electron chi connectivity index (χ3n) is 5.77. The van der Waals surface area contributed by atoms with Crippen molar-refractivity contribution in [2.45, 2.75) is 63.5 Å². The molecule has 0 atom stereocenters. The smallest absolute Gasteiger partial charge is 0.262 e. The highest BCUT2D eigenvalue weighted by atomic mass is 32.2. The van der Waals surface area contributed by atoms with Crippen LogP contribution in [0.25, 0.3) is 0 Å². The third-order valence-corrected chi connectivity index (χ3v) is 8.36. The third kappa shape index (κ3) is 4.06. The summed E-state index contributed by atoms with van der Waals surface area (Å²) in [7, 11) is -8.02. The molecule has 0 saturated heterocycles. The van der Waals surface area contributed by atoms with Gasteiger partial charge in [0, 0.05) is 10.8 Å². The molecule has 1 aliphatic carbocycles. The van der Waals surface area contributed by atoms with E-state index in [-0.39, 0.29) is 9.79 Å². The van der Waals surface area contributed by atoms with E-state index in [9.17, 15) is 16.8 Å². The molecule has 8 heteroatoms. The van der Waals surface area contributed by atoms with E-state index in [1.54, 1.807) is 52.0 Å². The normalized spacial score (nSPS) is 23.0. The average molecular weight is 453 g/mol. The number of benzene rings is 2. The van der Waals surface area contributed by atoms with E-state index in [0.29, 0.717) is 0 Å². The van der Waals surface area contributed by atoms with Crippen molar-refractivity contribution in [3.8, 4) is 0 Å². The minimum Gasteiger partial charge on any atom is -0.262 e. The number of aryl methyl sites for hydroxylation is 2. The largest absolute Gasteiger partial charge is 0.297 e. The molecule has 3 rings (SSSR count). The van der Waals surface area contributed by atoms with Gasteiger partial charge in [-0.2, -0.15) is 16.8 Å². The van der Waals surface area contributed by atoms with E-state index in [1.165, 1.54) is 24.3 Å². The van der Waals surface area contributed by atoms with E-state index in [0.717, 1.165) is 11.1 Å². The summed E-state index contributed by atoms with van der Waals surface area (Å²) in [5.41, 5.74) is 0.180. The van der Waals surface area contributed by atoms with Crippen LogP contribution < -0.4 is 0 Å². The molecule has 2 aromatic rings. The molecule has 2 aromatic carbocycles. The molecule has 1 aliphatic rings. The Morgan fingerprint density at radius 1 is 0.600 bits per heavy atom. The first-order valence-corrected chi connectivity index (χ1v) is 12.5. The maximum Gasteiger partial charge on any atom is 0.297 e. The number of hydrogen-bond acceptors (Lipinski definition) is 6. The first kappa shape index (κ1) is 22.9. The second-order valence-corrected chi connectivity index (χ2v) is 12.3. The first-order chi connectivity index (χ1) is 13.7. The zero-order valence-corrected chi connectivity index (χ0v) is 19.7. The fraction of sp³-hybridized carbons (Fsp3) is 0.455. The van der Waals surface area contributed by atoms with Gasteiger partial charge in [-0.3, -0.25) is 8.37 Å². The Morgan fingerprint density at radius 3 is 1.13 bits per heavy atom. The van der Waals surface area contributed by atoms with Crippen LogP contribution in [-0.2, 0) is 28.6 Å². The van der Waals surface area contributed by atoms with Gasteiger partial charge in [-0.05, 0) is 38.1 Å². The van der Waals surface area contributed by atoms with Gasteiger partial charge < -0.3 is 0 Å². The van der Waals surface area contributed by atoms with E-state index in [1.807, 2.05) is 13.8 Å². The monoisotopic (exact) mass is 452 g/mol. The lowest BCUT2D eigenvalue weighted by atomic mass is 9.51. The van der Waals surface area contributed by atoms with Crippen LogP contribution in [0.5, 0.6) is 0 Å². The molecular formula is C22H28O6S2. The molecule has 30 heavy (non-hydrogen) atoms. The van der Waals surface area contributed by atoms with Crippen molar-refractivity contribution < 1.29 is 25.2 Å². The molecule has 0 unspecified atom stereocenters. The van der Waals surface area contributed by atoms with Crippen LogP contribution in [0.1, 0.15) is 38.8 Å². The Hall–Kier alpha value is -1.74. The van der Waals surface area contributed by atoms with E-state index in [4.69, 9.17) is 8.37 Å². The minimum absolute atomic E-state index is 0.0661. The molecule has 0 spiro atoms. The zero-order valence-electron chi connectivity index (χ0n) is 18.0. The molecule has 0 N–H and O–H groups in total. The average Bonchev–Trinajstić information content (AvgIpc) is 2.65. The highest BCUT2D eigenvalue weighted by Crippen LogP contribution is 2.58. The van der Waals surface area contributed by atoms with Crippen LogP contribution >= 0.6 is 0 Å². The summed E-state index contributed by atoms with van der Waals surface area (Å²) in [6, 6.07) is 12.8. The predicted octanol–water partition coefficient (Wildman–Crippen LogP) is 4.22. The Morgan fingerprint density at radius 2 is 0.867 bits per heavy atom. The van der Waals surface area contributed by atoms with Gasteiger partial charge in [0.15, 0.2) is 0 Å². The van der Waals surface area contributed by atoms with E-state index >= 15 is 0 Å². The second kappa shape index (κ2) is 7.44. The molecular weight excluding hydrogens is 424 g/mol. The maximum atomic E-state index is 12.8. The molecule has 1 fully saturated rings. The summed E-state index contributed by atoms with van der Waals surface area (Å²) in [6.07, 6.45) is -1.51. The van der Waals surface area contributed by atoms with Crippen molar-refractivity contribution in [1.29, 1.82) is 0 Å². The molecule has 0 amide bonds. The standard InChI is InChI=1S/C22H28O6S2/c1-15-7-11-17(12-8-15)29(23,24)27-19-21(3,4)20(22(19,5)6)28-30(25,26)18-13-9-16(2)10-14-18/h7-14,19-20H,1-6H3. The van der Waals surface area contributed by atoms with Crippen molar-refractivity contribution in [3.63, 3.8) is 0 Å². The highest BCUT2D eigenvalue weighted by molar-refractivity contribution is 7.87. The summed E-state index contributed by atoms with van der Waals surface area (Å²) < 4.78 is 62.3. The molecule has 0 heterocycles. The molecule has 0 bridgehead atoms. The van der Waals surface area contributed by atoms with Crippen LogP contribution in [0.3, 0.4) is 0 Å². The summed E-state index contributed by atoms with van der Waals surface area (Å²) >= 11 is 0. The summed E-state index contributed by atoms with van der Waals surface area (Å²) in [4.78, 5) is 0.132. The molecule has 0 aliphatic heterocycles. The fourth-order valence-corrected chi connectivity index (χ4v) is 7.03. The van der Waals surface area contributed by atoms with Crippen LogP contribution in [0, 0.1) is 24.7 Å². The van der Waals surface area contributed by atoms with Crippen molar-refractivity contribution in [2.24, 2.45) is 10.8 Å². The summed E-state index contributed by atoms with van der Waals surface area (Å²) in [5.74, 6) is 0. The van der Waals surface area contributed by atoms with Crippen molar-refractivity contribution >= 4 is 20.2 Å². The quantitative estimate of drug-likeness (QED) is 0.610. The van der Waals surface area contributed by atoms with Gasteiger partial charge >= 0.3 is 0 Å². The van der Waals surface area contributed by atoms with Gasteiger partial charge in [0.05, 0.1) is 22.0 Å². The van der Waals surface area contributed by atoms with Crippen LogP contribution in [0.15, 0.2) is 58.3 Å². The molecule has 0 radical (unpaired) electrons. The number of hydrogen-bond donors (Lipinski definition) is 0. The van der Waals surface area contributed by atoms with Crippen molar-refractivity contribution in [1.82, 2.24) is 0 Å². The second-order valence-electron chi connectivity index (χ2n) is 9.13. The lowest BCUT2D eigenvalue weighted by Gasteiger charge is -2.61. The van der Waals surface area contributed by atoms with E-state index in [2.05, 4.69) is 0 Å². The van der Waals surface area contributed by atoms with Crippen LogP contribution in [0.4, 0.5) is 0 Å². The van der Waals surface area contributed by atoms with Gasteiger partial charge in [0.25, 0.3) is 20.2 Å². The van der Waals surface area contributed by atoms with Crippen molar-refractivity contribution in [3.05, 3.63) is 59.7 Å². The van der Waals surface area contributed by atoms with Crippen LogP contribution in [0.2, 0.25) is 0 Å². The molecule has 1 saturated carbocycles. The Kier molecular flexibility index (Phi) is 5.69.